The molecule has 0 radical (unpaired) electrons. The summed E-state index contributed by atoms with van der Waals surface area (Å²) in [6.45, 7) is 5.90. The smallest absolute Gasteiger partial charge is 0.328 e. The minimum atomic E-state index is -1.26. The van der Waals surface area contributed by atoms with Crippen LogP contribution in [0.5, 0.6) is 0 Å². The van der Waals surface area contributed by atoms with Gasteiger partial charge in [0.1, 0.15) is 0 Å². The second kappa shape index (κ2) is 19.5. The van der Waals surface area contributed by atoms with Gasteiger partial charge < -0.3 is 32.3 Å². The van der Waals surface area contributed by atoms with Gasteiger partial charge in [-0.1, -0.05) is 0 Å². The zero-order valence-corrected chi connectivity index (χ0v) is 13.1. The van der Waals surface area contributed by atoms with Crippen molar-refractivity contribution >= 4 is 11.9 Å². The number of hydrogen-bond donors (Lipinski definition) is 6. The van der Waals surface area contributed by atoms with Crippen molar-refractivity contribution in [3.63, 3.8) is 0 Å². The Balaban J connectivity index is 0. The summed E-state index contributed by atoms with van der Waals surface area (Å²) in [5.74, 6) is -2.51. The minimum Gasteiger partial charge on any atom is -0.478 e. The van der Waals surface area contributed by atoms with Crippen LogP contribution < -0.4 is 22.1 Å². The van der Waals surface area contributed by atoms with Gasteiger partial charge in [-0.25, -0.2) is 9.59 Å². The normalized spacial score (nSPS) is 10.3. The van der Waals surface area contributed by atoms with Gasteiger partial charge in [-0.3, -0.25) is 0 Å². The van der Waals surface area contributed by atoms with Crippen LogP contribution in [0.2, 0.25) is 0 Å². The summed E-state index contributed by atoms with van der Waals surface area (Å²) in [5.41, 5.74) is 10.8. The highest BCUT2D eigenvalue weighted by Gasteiger charge is 1.89. The molecule has 0 aliphatic carbocycles. The van der Waals surface area contributed by atoms with E-state index in [-0.39, 0.29) is 0 Å². The molecule has 0 spiro atoms. The van der Waals surface area contributed by atoms with Crippen LogP contribution in [0, 0.1) is 0 Å². The van der Waals surface area contributed by atoms with E-state index in [2.05, 4.69) is 10.6 Å². The fraction of sp³-hybridized carbons (Fsp3) is 0.714. The summed E-state index contributed by atoms with van der Waals surface area (Å²) < 4.78 is 0. The number of nitrogens with one attached hydrogen (secondary N) is 2. The van der Waals surface area contributed by atoms with Crippen molar-refractivity contribution in [2.45, 2.75) is 25.7 Å². The second-order valence-corrected chi connectivity index (χ2v) is 4.50. The molecule has 0 aliphatic heterocycles. The fourth-order valence-corrected chi connectivity index (χ4v) is 1.35. The Morgan fingerprint density at radius 1 is 0.727 bits per heavy atom. The van der Waals surface area contributed by atoms with Crippen molar-refractivity contribution in [2.75, 3.05) is 39.3 Å². The molecule has 0 heterocycles. The third-order valence-electron chi connectivity index (χ3n) is 2.44. The van der Waals surface area contributed by atoms with Gasteiger partial charge in [-0.15, -0.1) is 0 Å². The van der Waals surface area contributed by atoms with Crippen molar-refractivity contribution in [2.24, 2.45) is 11.5 Å². The van der Waals surface area contributed by atoms with E-state index in [9.17, 15) is 9.59 Å². The summed E-state index contributed by atoms with van der Waals surface area (Å²) in [6.07, 6.45) is 5.74. The van der Waals surface area contributed by atoms with E-state index in [1.165, 1.54) is 12.8 Å². The maximum absolute atomic E-state index is 9.55. The number of rotatable bonds is 13. The number of carboxylic acids is 2. The average Bonchev–Trinajstić information content (AvgIpc) is 2.48. The van der Waals surface area contributed by atoms with Crippen molar-refractivity contribution in [3.8, 4) is 0 Å². The number of unbranched alkanes of at least 4 members (excludes halogenated alkanes) is 1. The van der Waals surface area contributed by atoms with Gasteiger partial charge >= 0.3 is 11.9 Å². The molecule has 0 rings (SSSR count). The lowest BCUT2D eigenvalue weighted by molar-refractivity contribution is -0.134. The van der Waals surface area contributed by atoms with Gasteiger partial charge in [0.2, 0.25) is 0 Å². The lowest BCUT2D eigenvalue weighted by atomic mass is 10.3. The first-order valence-corrected chi connectivity index (χ1v) is 7.50. The van der Waals surface area contributed by atoms with Gasteiger partial charge in [0.05, 0.1) is 0 Å². The van der Waals surface area contributed by atoms with Crippen LogP contribution in [0.4, 0.5) is 0 Å². The molecule has 130 valence electrons. The van der Waals surface area contributed by atoms with E-state index in [0.717, 1.165) is 52.1 Å². The summed E-state index contributed by atoms with van der Waals surface area (Å²) in [7, 11) is 0. The molecule has 8 nitrogen and oxygen atoms in total. The quantitative estimate of drug-likeness (QED) is 0.194. The molecular formula is C14H30N4O4. The third kappa shape index (κ3) is 27.0. The maximum Gasteiger partial charge on any atom is 0.328 e. The van der Waals surface area contributed by atoms with Gasteiger partial charge in [0, 0.05) is 12.2 Å². The zero-order valence-electron chi connectivity index (χ0n) is 13.1. The molecule has 0 bridgehead atoms. The molecule has 0 amide bonds. The first kappa shape index (κ1) is 22.8. The van der Waals surface area contributed by atoms with Crippen LogP contribution in [-0.2, 0) is 9.59 Å². The monoisotopic (exact) mass is 318 g/mol. The molecule has 0 aromatic heterocycles. The number of aliphatic carboxylic acids is 2. The van der Waals surface area contributed by atoms with Gasteiger partial charge in [-0.2, -0.15) is 0 Å². The Bertz CT molecular complexity index is 271. The van der Waals surface area contributed by atoms with Gasteiger partial charge in [-0.05, 0) is 65.0 Å². The van der Waals surface area contributed by atoms with Crippen molar-refractivity contribution in [1.82, 2.24) is 10.6 Å². The number of nitrogens with two attached hydrogens (primary N) is 2. The highest BCUT2D eigenvalue weighted by Crippen LogP contribution is 1.85. The highest BCUT2D eigenvalue weighted by molar-refractivity contribution is 5.89. The Labute approximate surface area is 131 Å². The predicted molar refractivity (Wildman–Crippen MR) is 86.7 cm³/mol. The second-order valence-electron chi connectivity index (χ2n) is 4.50. The van der Waals surface area contributed by atoms with E-state index in [0.29, 0.717) is 12.2 Å². The van der Waals surface area contributed by atoms with Crippen LogP contribution in [-0.4, -0.2) is 61.4 Å². The first-order valence-electron chi connectivity index (χ1n) is 7.50. The summed E-state index contributed by atoms with van der Waals surface area (Å²) in [6, 6.07) is 0. The molecule has 0 fully saturated rings. The lowest BCUT2D eigenvalue weighted by Gasteiger charge is -2.04. The standard InChI is InChI=1S/C10H26N4.C4H4O4/c11-5-3-9-13-7-1-2-8-14-10-4-6-12;5-3(6)1-2-4(7)8/h13-14H,1-12H2;1-2H,(H,5,6)(H,7,8)/b;2-1+. The third-order valence-corrected chi connectivity index (χ3v) is 2.44. The maximum atomic E-state index is 9.55. The molecule has 0 saturated heterocycles. The van der Waals surface area contributed by atoms with E-state index in [4.69, 9.17) is 21.7 Å². The zero-order chi connectivity index (χ0) is 17.1. The van der Waals surface area contributed by atoms with Gasteiger partial charge in [0.25, 0.3) is 0 Å². The predicted octanol–water partition coefficient (Wildman–Crippen LogP) is -0.645. The van der Waals surface area contributed by atoms with E-state index >= 15 is 0 Å². The number of carbonyl (C=O) groups is 2. The summed E-state index contributed by atoms with van der Waals surface area (Å²) >= 11 is 0. The van der Waals surface area contributed by atoms with E-state index in [1.807, 2.05) is 0 Å². The van der Waals surface area contributed by atoms with Crippen molar-refractivity contribution in [1.29, 1.82) is 0 Å². The fourth-order valence-electron chi connectivity index (χ4n) is 1.35. The molecule has 0 unspecified atom stereocenters. The minimum absolute atomic E-state index is 0.558. The number of carboxylic acid groups (broad SMARTS) is 2. The SMILES string of the molecule is NCCCNCCCCNCCCN.O=C(O)/C=C/C(=O)O. The number of hydrogen-bond acceptors (Lipinski definition) is 6. The van der Waals surface area contributed by atoms with Crippen molar-refractivity contribution in [3.05, 3.63) is 12.2 Å². The molecule has 0 atom stereocenters. The Kier molecular flexibility index (Phi) is 20.2. The van der Waals surface area contributed by atoms with Crippen molar-refractivity contribution < 1.29 is 19.8 Å². The highest BCUT2D eigenvalue weighted by atomic mass is 16.4. The first-order chi connectivity index (χ1) is 10.5. The van der Waals surface area contributed by atoms with E-state index in [1.54, 1.807) is 0 Å². The molecule has 0 aromatic carbocycles. The Morgan fingerprint density at radius 3 is 1.32 bits per heavy atom. The summed E-state index contributed by atoms with van der Waals surface area (Å²) in [5, 5.41) is 22.3. The van der Waals surface area contributed by atoms with Gasteiger partial charge in [0.15, 0.2) is 0 Å². The summed E-state index contributed by atoms with van der Waals surface area (Å²) in [4.78, 5) is 19.1. The van der Waals surface area contributed by atoms with Crippen LogP contribution in [0.3, 0.4) is 0 Å². The molecule has 0 aliphatic rings. The molecule has 22 heavy (non-hydrogen) atoms. The topological polar surface area (TPSA) is 151 Å². The van der Waals surface area contributed by atoms with Crippen LogP contribution in [0.25, 0.3) is 0 Å². The molecule has 0 aromatic rings. The molecule has 8 N–H and O–H groups in total. The van der Waals surface area contributed by atoms with Crippen LogP contribution in [0.15, 0.2) is 12.2 Å². The molecular weight excluding hydrogens is 288 g/mol. The Morgan fingerprint density at radius 2 is 1.05 bits per heavy atom. The van der Waals surface area contributed by atoms with Crippen LogP contribution >= 0.6 is 0 Å². The molecule has 0 saturated carbocycles. The van der Waals surface area contributed by atoms with E-state index < -0.39 is 11.9 Å². The Hall–Kier alpha value is -1.48. The molecule has 8 heteroatoms. The lowest BCUT2D eigenvalue weighted by Crippen LogP contribution is -2.22. The van der Waals surface area contributed by atoms with Crippen LogP contribution in [0.1, 0.15) is 25.7 Å². The average molecular weight is 318 g/mol. The largest absolute Gasteiger partial charge is 0.478 e.